The molecule has 5 heteroatoms. The second-order valence-electron chi connectivity index (χ2n) is 3.81. The van der Waals surface area contributed by atoms with Crippen molar-refractivity contribution in [1.82, 2.24) is 0 Å². The lowest BCUT2D eigenvalue weighted by Gasteiger charge is -2.17. The molecule has 0 spiro atoms. The summed E-state index contributed by atoms with van der Waals surface area (Å²) >= 11 is 0. The first kappa shape index (κ1) is 12.7. The summed E-state index contributed by atoms with van der Waals surface area (Å²) in [4.78, 5) is 0. The van der Waals surface area contributed by atoms with Gasteiger partial charge in [-0.05, 0) is 38.5 Å². The second kappa shape index (κ2) is 4.23. The highest BCUT2D eigenvalue weighted by molar-refractivity contribution is 5.61. The first-order valence-electron chi connectivity index (χ1n) is 4.86. The minimum Gasteiger partial charge on any atom is -0.489 e. The number of halogens is 3. The van der Waals surface area contributed by atoms with Crippen LogP contribution in [0.1, 0.15) is 25.0 Å². The maximum Gasteiger partial charge on any atom is 0.416 e. The molecule has 0 aliphatic carbocycles. The maximum absolute atomic E-state index is 12.5. The van der Waals surface area contributed by atoms with Gasteiger partial charge in [-0.2, -0.15) is 13.2 Å². The van der Waals surface area contributed by atoms with Crippen LogP contribution in [0.2, 0.25) is 0 Å². The number of nitrogen functional groups attached to an aromatic ring is 1. The summed E-state index contributed by atoms with van der Waals surface area (Å²) in [5.74, 6) is 0.292. The van der Waals surface area contributed by atoms with Gasteiger partial charge in [-0.25, -0.2) is 0 Å². The number of rotatable bonds is 2. The highest BCUT2D eigenvalue weighted by Crippen LogP contribution is 2.37. The lowest BCUT2D eigenvalue weighted by atomic mass is 10.1. The number of hydrogen-bond donors (Lipinski definition) is 1. The maximum atomic E-state index is 12.5. The van der Waals surface area contributed by atoms with E-state index in [0.717, 1.165) is 6.07 Å². The van der Waals surface area contributed by atoms with Crippen molar-refractivity contribution >= 4 is 5.69 Å². The number of ether oxygens (including phenoxy) is 1. The number of nitrogens with two attached hydrogens (primary N) is 1. The fourth-order valence-electron chi connectivity index (χ4n) is 1.37. The van der Waals surface area contributed by atoms with E-state index in [4.69, 9.17) is 10.5 Å². The van der Waals surface area contributed by atoms with Crippen LogP contribution in [0.25, 0.3) is 0 Å². The molecule has 2 nitrogen and oxygen atoms in total. The smallest absolute Gasteiger partial charge is 0.416 e. The molecule has 0 radical (unpaired) electrons. The van der Waals surface area contributed by atoms with Gasteiger partial charge in [0.2, 0.25) is 0 Å². The standard InChI is InChI=1S/C11H14F3NO/c1-6(2)16-9-5-4-8(11(12,13)14)7(3)10(9)15/h4-6H,15H2,1-3H3. The van der Waals surface area contributed by atoms with Crippen molar-refractivity contribution < 1.29 is 17.9 Å². The molecule has 0 fully saturated rings. The Kier molecular flexibility index (Phi) is 3.35. The van der Waals surface area contributed by atoms with E-state index in [1.807, 2.05) is 0 Å². The van der Waals surface area contributed by atoms with E-state index >= 15 is 0 Å². The van der Waals surface area contributed by atoms with Gasteiger partial charge in [0.1, 0.15) is 5.75 Å². The Balaban J connectivity index is 3.19. The van der Waals surface area contributed by atoms with E-state index in [-0.39, 0.29) is 17.4 Å². The van der Waals surface area contributed by atoms with Crippen LogP contribution < -0.4 is 10.5 Å². The first-order valence-corrected chi connectivity index (χ1v) is 4.86. The van der Waals surface area contributed by atoms with E-state index in [1.54, 1.807) is 13.8 Å². The summed E-state index contributed by atoms with van der Waals surface area (Å²) in [5.41, 5.74) is 4.93. The van der Waals surface area contributed by atoms with Crippen LogP contribution in [-0.2, 0) is 6.18 Å². The van der Waals surface area contributed by atoms with E-state index in [0.29, 0.717) is 5.75 Å². The molecular weight excluding hydrogens is 219 g/mol. The predicted octanol–water partition coefficient (Wildman–Crippen LogP) is 3.38. The number of anilines is 1. The molecule has 1 rings (SSSR count). The van der Waals surface area contributed by atoms with E-state index in [1.165, 1.54) is 13.0 Å². The average molecular weight is 233 g/mol. The summed E-state index contributed by atoms with van der Waals surface area (Å²) < 4.78 is 42.9. The molecule has 2 N–H and O–H groups in total. The van der Waals surface area contributed by atoms with Crippen LogP contribution in [0.3, 0.4) is 0 Å². The number of hydrogen-bond acceptors (Lipinski definition) is 2. The van der Waals surface area contributed by atoms with Gasteiger partial charge in [0.05, 0.1) is 17.4 Å². The van der Waals surface area contributed by atoms with Crippen molar-refractivity contribution in [3.63, 3.8) is 0 Å². The monoisotopic (exact) mass is 233 g/mol. The van der Waals surface area contributed by atoms with Gasteiger partial charge in [-0.3, -0.25) is 0 Å². The van der Waals surface area contributed by atoms with Crippen molar-refractivity contribution in [2.24, 2.45) is 0 Å². The third-order valence-electron chi connectivity index (χ3n) is 2.14. The lowest BCUT2D eigenvalue weighted by molar-refractivity contribution is -0.138. The Morgan fingerprint density at radius 3 is 2.25 bits per heavy atom. The third kappa shape index (κ3) is 2.59. The SMILES string of the molecule is Cc1c(C(F)(F)F)ccc(OC(C)C)c1N. The third-order valence-corrected chi connectivity index (χ3v) is 2.14. The predicted molar refractivity (Wildman–Crippen MR) is 56.4 cm³/mol. The van der Waals surface area contributed by atoms with Crippen LogP contribution >= 0.6 is 0 Å². The quantitative estimate of drug-likeness (QED) is 0.795. The summed E-state index contributed by atoms with van der Waals surface area (Å²) in [6, 6.07) is 2.24. The zero-order chi connectivity index (χ0) is 12.5. The van der Waals surface area contributed by atoms with Gasteiger partial charge in [0.15, 0.2) is 0 Å². The Morgan fingerprint density at radius 2 is 1.81 bits per heavy atom. The molecule has 0 aliphatic heterocycles. The average Bonchev–Trinajstić information content (AvgIpc) is 2.10. The zero-order valence-electron chi connectivity index (χ0n) is 9.35. The molecule has 90 valence electrons. The van der Waals surface area contributed by atoms with E-state index in [9.17, 15) is 13.2 Å². The molecule has 0 aliphatic rings. The lowest BCUT2D eigenvalue weighted by Crippen LogP contribution is -2.12. The Labute approximate surface area is 92.2 Å². The molecular formula is C11H14F3NO. The topological polar surface area (TPSA) is 35.2 Å². The summed E-state index contributed by atoms with van der Waals surface area (Å²) in [6.45, 7) is 4.91. The van der Waals surface area contributed by atoms with Crippen LogP contribution in [0.4, 0.5) is 18.9 Å². The summed E-state index contributed by atoms with van der Waals surface area (Å²) in [5, 5.41) is 0. The molecule has 0 bridgehead atoms. The van der Waals surface area contributed by atoms with Gasteiger partial charge in [0.25, 0.3) is 0 Å². The van der Waals surface area contributed by atoms with Crippen molar-refractivity contribution in [3.8, 4) is 5.75 Å². The fourth-order valence-corrected chi connectivity index (χ4v) is 1.37. The molecule has 0 heterocycles. The van der Waals surface area contributed by atoms with Crippen LogP contribution in [0.15, 0.2) is 12.1 Å². The van der Waals surface area contributed by atoms with E-state index < -0.39 is 11.7 Å². The van der Waals surface area contributed by atoms with Gasteiger partial charge in [0, 0.05) is 0 Å². The van der Waals surface area contributed by atoms with Crippen molar-refractivity contribution in [3.05, 3.63) is 23.3 Å². The van der Waals surface area contributed by atoms with Crippen LogP contribution in [-0.4, -0.2) is 6.10 Å². The zero-order valence-corrected chi connectivity index (χ0v) is 9.35. The summed E-state index contributed by atoms with van der Waals surface area (Å²) in [6.07, 6.45) is -4.51. The largest absolute Gasteiger partial charge is 0.489 e. The molecule has 0 amide bonds. The van der Waals surface area contributed by atoms with Gasteiger partial charge in [-0.15, -0.1) is 0 Å². The Bertz CT molecular complexity index is 386. The minimum absolute atomic E-state index is 0.00523. The molecule has 0 unspecified atom stereocenters. The highest BCUT2D eigenvalue weighted by Gasteiger charge is 2.33. The molecule has 1 aromatic carbocycles. The van der Waals surface area contributed by atoms with Crippen molar-refractivity contribution in [1.29, 1.82) is 0 Å². The molecule has 0 saturated carbocycles. The molecule has 16 heavy (non-hydrogen) atoms. The minimum atomic E-state index is -4.38. The second-order valence-corrected chi connectivity index (χ2v) is 3.81. The van der Waals surface area contributed by atoms with E-state index in [2.05, 4.69) is 0 Å². The van der Waals surface area contributed by atoms with Crippen LogP contribution in [0.5, 0.6) is 5.75 Å². The number of alkyl halides is 3. The molecule has 0 atom stereocenters. The van der Waals surface area contributed by atoms with Gasteiger partial charge < -0.3 is 10.5 Å². The van der Waals surface area contributed by atoms with Gasteiger partial charge in [-0.1, -0.05) is 0 Å². The fraction of sp³-hybridized carbons (Fsp3) is 0.455. The number of benzene rings is 1. The Morgan fingerprint density at radius 1 is 1.25 bits per heavy atom. The first-order chi connectivity index (χ1) is 7.23. The molecule has 1 aromatic rings. The highest BCUT2D eigenvalue weighted by atomic mass is 19.4. The van der Waals surface area contributed by atoms with Crippen LogP contribution in [0, 0.1) is 6.92 Å². The van der Waals surface area contributed by atoms with Gasteiger partial charge >= 0.3 is 6.18 Å². The molecule has 0 aromatic heterocycles. The summed E-state index contributed by atoms with van der Waals surface area (Å²) in [7, 11) is 0. The normalized spacial score (nSPS) is 11.9. The van der Waals surface area contributed by atoms with Crippen molar-refractivity contribution in [2.45, 2.75) is 33.1 Å². The Hall–Kier alpha value is -1.39. The van der Waals surface area contributed by atoms with Crippen molar-refractivity contribution in [2.75, 3.05) is 5.73 Å². The molecule has 0 saturated heterocycles.